The van der Waals surface area contributed by atoms with E-state index < -0.39 is 17.8 Å². The van der Waals surface area contributed by atoms with Crippen molar-refractivity contribution in [2.45, 2.75) is 25.6 Å². The fourth-order valence-corrected chi connectivity index (χ4v) is 1.91. The standard InChI is InChI=1S/C11H13BrF3N3O/c1-6(4-10(16)18-19)17-9-3-2-7(12)5-8(9)11(13,14)15/h2-3,5-6,17,19H,4H2,1H3,(H2,16,18). The van der Waals surface area contributed by atoms with Crippen LogP contribution in [0.25, 0.3) is 0 Å². The first-order valence-electron chi connectivity index (χ1n) is 5.33. The molecule has 1 aromatic carbocycles. The van der Waals surface area contributed by atoms with E-state index in [1.54, 1.807) is 6.92 Å². The molecule has 0 heterocycles. The van der Waals surface area contributed by atoms with Gasteiger partial charge in [-0.15, -0.1) is 0 Å². The van der Waals surface area contributed by atoms with Crippen LogP contribution in [0.4, 0.5) is 18.9 Å². The fourth-order valence-electron chi connectivity index (χ4n) is 1.55. The number of alkyl halides is 3. The Balaban J connectivity index is 2.95. The van der Waals surface area contributed by atoms with E-state index in [1.807, 2.05) is 0 Å². The van der Waals surface area contributed by atoms with Crippen LogP contribution < -0.4 is 11.1 Å². The number of hydrogen-bond acceptors (Lipinski definition) is 3. The maximum Gasteiger partial charge on any atom is 0.418 e. The molecule has 106 valence electrons. The normalized spacial score (nSPS) is 14.3. The second kappa shape index (κ2) is 6.14. The zero-order valence-corrected chi connectivity index (χ0v) is 11.6. The van der Waals surface area contributed by atoms with E-state index in [0.29, 0.717) is 4.47 Å². The van der Waals surface area contributed by atoms with Crippen molar-refractivity contribution in [3.8, 4) is 0 Å². The Morgan fingerprint density at radius 1 is 1.53 bits per heavy atom. The molecule has 0 aliphatic carbocycles. The van der Waals surface area contributed by atoms with Gasteiger partial charge in [-0.25, -0.2) is 0 Å². The van der Waals surface area contributed by atoms with Crippen molar-refractivity contribution in [2.75, 3.05) is 5.32 Å². The SMILES string of the molecule is CC(CC(N)=NO)Nc1ccc(Br)cc1C(F)(F)F. The smallest absolute Gasteiger partial charge is 0.409 e. The molecular formula is C11H13BrF3N3O. The molecule has 0 aromatic heterocycles. The summed E-state index contributed by atoms with van der Waals surface area (Å²) in [7, 11) is 0. The van der Waals surface area contributed by atoms with Gasteiger partial charge in [0.1, 0.15) is 5.84 Å². The van der Waals surface area contributed by atoms with Gasteiger partial charge < -0.3 is 16.3 Å². The van der Waals surface area contributed by atoms with Crippen molar-refractivity contribution < 1.29 is 18.4 Å². The summed E-state index contributed by atoms with van der Waals surface area (Å²) in [5, 5.41) is 13.9. The van der Waals surface area contributed by atoms with Crippen LogP contribution >= 0.6 is 15.9 Å². The summed E-state index contributed by atoms with van der Waals surface area (Å²) >= 11 is 3.01. The fraction of sp³-hybridized carbons (Fsp3) is 0.364. The Labute approximate surface area is 116 Å². The minimum absolute atomic E-state index is 0.0473. The number of nitrogens with two attached hydrogens (primary N) is 1. The first kappa shape index (κ1) is 15.6. The molecule has 0 radical (unpaired) electrons. The minimum atomic E-state index is -4.46. The number of rotatable bonds is 4. The summed E-state index contributed by atoms with van der Waals surface area (Å²) in [5.74, 6) is -0.0503. The zero-order chi connectivity index (χ0) is 14.6. The van der Waals surface area contributed by atoms with Crippen LogP contribution in [0.15, 0.2) is 27.8 Å². The highest BCUT2D eigenvalue weighted by molar-refractivity contribution is 9.10. The molecule has 1 unspecified atom stereocenters. The monoisotopic (exact) mass is 339 g/mol. The number of amidine groups is 1. The predicted octanol–water partition coefficient (Wildman–Crippen LogP) is 3.40. The average Bonchev–Trinajstić information content (AvgIpc) is 2.29. The molecule has 1 rings (SSSR count). The Morgan fingerprint density at radius 3 is 2.68 bits per heavy atom. The number of halogens is 4. The first-order valence-corrected chi connectivity index (χ1v) is 6.13. The molecule has 0 spiro atoms. The Kier molecular flexibility index (Phi) is 5.04. The van der Waals surface area contributed by atoms with Gasteiger partial charge in [-0.3, -0.25) is 0 Å². The average molecular weight is 340 g/mol. The van der Waals surface area contributed by atoms with Crippen molar-refractivity contribution >= 4 is 27.5 Å². The van der Waals surface area contributed by atoms with Crippen molar-refractivity contribution in [3.63, 3.8) is 0 Å². The van der Waals surface area contributed by atoms with Crippen molar-refractivity contribution in [2.24, 2.45) is 10.9 Å². The van der Waals surface area contributed by atoms with Gasteiger partial charge in [0.15, 0.2) is 0 Å². The summed E-state index contributed by atoms with van der Waals surface area (Å²) in [6.45, 7) is 1.64. The quantitative estimate of drug-likeness (QED) is 0.340. The third kappa shape index (κ3) is 4.62. The van der Waals surface area contributed by atoms with Gasteiger partial charge in [0, 0.05) is 22.6 Å². The Bertz CT molecular complexity index is 477. The zero-order valence-electron chi connectivity index (χ0n) is 10.0. The van der Waals surface area contributed by atoms with Crippen molar-refractivity contribution in [1.29, 1.82) is 0 Å². The van der Waals surface area contributed by atoms with Gasteiger partial charge in [0.2, 0.25) is 0 Å². The van der Waals surface area contributed by atoms with Crippen molar-refractivity contribution in [3.05, 3.63) is 28.2 Å². The van der Waals surface area contributed by atoms with Gasteiger partial charge in [-0.05, 0) is 25.1 Å². The molecule has 0 saturated carbocycles. The largest absolute Gasteiger partial charge is 0.418 e. The highest BCUT2D eigenvalue weighted by Crippen LogP contribution is 2.36. The van der Waals surface area contributed by atoms with Crippen LogP contribution in [0.1, 0.15) is 18.9 Å². The van der Waals surface area contributed by atoms with Gasteiger partial charge in [-0.2, -0.15) is 13.2 Å². The highest BCUT2D eigenvalue weighted by Gasteiger charge is 2.34. The van der Waals surface area contributed by atoms with E-state index in [-0.39, 0.29) is 17.9 Å². The van der Waals surface area contributed by atoms with Crippen LogP contribution in [-0.4, -0.2) is 17.1 Å². The van der Waals surface area contributed by atoms with E-state index in [0.717, 1.165) is 6.07 Å². The maximum absolute atomic E-state index is 12.9. The lowest BCUT2D eigenvalue weighted by atomic mass is 10.1. The van der Waals surface area contributed by atoms with Crippen molar-refractivity contribution in [1.82, 2.24) is 0 Å². The summed E-state index contributed by atoms with van der Waals surface area (Å²) in [6.07, 6.45) is -4.33. The lowest BCUT2D eigenvalue weighted by molar-refractivity contribution is -0.137. The maximum atomic E-state index is 12.9. The molecule has 0 bridgehead atoms. The van der Waals surface area contributed by atoms with E-state index in [9.17, 15) is 13.2 Å². The second-order valence-corrected chi connectivity index (χ2v) is 4.94. The lowest BCUT2D eigenvalue weighted by Gasteiger charge is -2.19. The number of benzene rings is 1. The number of anilines is 1. The lowest BCUT2D eigenvalue weighted by Crippen LogP contribution is -2.25. The van der Waals surface area contributed by atoms with Crippen LogP contribution in [0.2, 0.25) is 0 Å². The number of hydrogen-bond donors (Lipinski definition) is 3. The van der Waals surface area contributed by atoms with E-state index >= 15 is 0 Å². The third-order valence-electron chi connectivity index (χ3n) is 2.33. The predicted molar refractivity (Wildman–Crippen MR) is 70.3 cm³/mol. The molecule has 8 heteroatoms. The molecule has 19 heavy (non-hydrogen) atoms. The van der Waals surface area contributed by atoms with Crippen LogP contribution in [0.5, 0.6) is 0 Å². The molecule has 0 saturated heterocycles. The molecule has 1 aromatic rings. The van der Waals surface area contributed by atoms with E-state index in [1.165, 1.54) is 12.1 Å². The summed E-state index contributed by atoms with van der Waals surface area (Å²) in [5.41, 5.74) is 4.49. The van der Waals surface area contributed by atoms with E-state index in [2.05, 4.69) is 26.4 Å². The molecule has 0 aliphatic heterocycles. The highest BCUT2D eigenvalue weighted by atomic mass is 79.9. The topological polar surface area (TPSA) is 70.6 Å². The van der Waals surface area contributed by atoms with Gasteiger partial charge in [-0.1, -0.05) is 21.1 Å². The molecule has 0 fully saturated rings. The summed E-state index contributed by atoms with van der Waals surface area (Å²) in [4.78, 5) is 0. The van der Waals surface area contributed by atoms with Gasteiger partial charge in [0.25, 0.3) is 0 Å². The number of nitrogens with one attached hydrogen (secondary N) is 1. The molecule has 0 aliphatic rings. The first-order chi connectivity index (χ1) is 8.74. The number of nitrogens with zero attached hydrogens (tertiary/aromatic N) is 1. The van der Waals surface area contributed by atoms with Gasteiger partial charge in [0.05, 0.1) is 5.56 Å². The third-order valence-corrected chi connectivity index (χ3v) is 2.83. The molecule has 0 amide bonds. The molecule has 4 N–H and O–H groups in total. The van der Waals surface area contributed by atoms with E-state index in [4.69, 9.17) is 10.9 Å². The molecular weight excluding hydrogens is 327 g/mol. The number of oxime groups is 1. The summed E-state index contributed by atoms with van der Waals surface area (Å²) < 4.78 is 38.9. The second-order valence-electron chi connectivity index (χ2n) is 4.03. The minimum Gasteiger partial charge on any atom is -0.409 e. The van der Waals surface area contributed by atoms with Crippen LogP contribution in [-0.2, 0) is 6.18 Å². The Hall–Kier alpha value is -1.44. The Morgan fingerprint density at radius 2 is 2.16 bits per heavy atom. The summed E-state index contributed by atoms with van der Waals surface area (Å²) in [6, 6.07) is 3.43. The van der Waals surface area contributed by atoms with Crippen LogP contribution in [0, 0.1) is 0 Å². The van der Waals surface area contributed by atoms with Crippen LogP contribution in [0.3, 0.4) is 0 Å². The molecule has 1 atom stereocenters. The van der Waals surface area contributed by atoms with Gasteiger partial charge >= 0.3 is 6.18 Å². The molecule has 4 nitrogen and oxygen atoms in total.